The van der Waals surface area contributed by atoms with Gasteiger partial charge in [0.15, 0.2) is 5.69 Å². The van der Waals surface area contributed by atoms with E-state index in [4.69, 9.17) is 16.3 Å². The zero-order valence-corrected chi connectivity index (χ0v) is 13.7. The highest BCUT2D eigenvalue weighted by Gasteiger charge is 2.33. The lowest BCUT2D eigenvalue weighted by Gasteiger charge is -2.19. The van der Waals surface area contributed by atoms with Gasteiger partial charge in [-0.25, -0.2) is 14.8 Å². The number of alkyl halides is 3. The fourth-order valence-corrected chi connectivity index (χ4v) is 1.65. The largest absolute Gasteiger partial charge is 0.444 e. The van der Waals surface area contributed by atoms with E-state index in [0.717, 1.165) is 6.07 Å². The second-order valence-electron chi connectivity index (χ2n) is 5.61. The minimum atomic E-state index is -4.60. The fourth-order valence-electron chi connectivity index (χ4n) is 1.46. The van der Waals surface area contributed by atoms with E-state index >= 15 is 0 Å². The number of carbonyl (C=O) groups excluding carboxylic acids is 1. The number of nitrogens with zero attached hydrogens (tertiary/aromatic N) is 2. The van der Waals surface area contributed by atoms with Crippen molar-refractivity contribution >= 4 is 23.5 Å². The molecule has 2 N–H and O–H groups in total. The Hall–Kier alpha value is -1.77. The molecule has 0 atom stereocenters. The van der Waals surface area contributed by atoms with Crippen molar-refractivity contribution in [3.8, 4) is 0 Å². The monoisotopic (exact) mass is 354 g/mol. The fraction of sp³-hybridized carbons (Fsp3) is 0.615. The molecule has 23 heavy (non-hydrogen) atoms. The van der Waals surface area contributed by atoms with Gasteiger partial charge in [-0.2, -0.15) is 13.2 Å². The SMILES string of the molecule is CC(C)(C)OC(=O)NCCCNc1cc(C(F)(F)F)nc(Cl)n1. The Kier molecular flexibility index (Phi) is 6.43. The van der Waals surface area contributed by atoms with E-state index in [9.17, 15) is 18.0 Å². The first-order chi connectivity index (χ1) is 10.5. The molecule has 1 rings (SSSR count). The van der Waals surface area contributed by atoms with Crippen LogP contribution in [-0.2, 0) is 10.9 Å². The van der Waals surface area contributed by atoms with E-state index in [-0.39, 0.29) is 5.82 Å². The number of nitrogens with one attached hydrogen (secondary N) is 2. The molecule has 1 aromatic rings. The van der Waals surface area contributed by atoms with E-state index in [1.54, 1.807) is 20.8 Å². The van der Waals surface area contributed by atoms with Crippen molar-refractivity contribution in [3.63, 3.8) is 0 Å². The van der Waals surface area contributed by atoms with Crippen molar-refractivity contribution in [3.05, 3.63) is 17.0 Å². The number of aromatic nitrogens is 2. The van der Waals surface area contributed by atoms with Gasteiger partial charge in [-0.3, -0.25) is 0 Å². The average Bonchev–Trinajstić information content (AvgIpc) is 2.34. The van der Waals surface area contributed by atoms with Gasteiger partial charge in [-0.15, -0.1) is 0 Å². The average molecular weight is 355 g/mol. The number of amides is 1. The van der Waals surface area contributed by atoms with Crippen LogP contribution >= 0.6 is 11.6 Å². The van der Waals surface area contributed by atoms with Gasteiger partial charge in [-0.05, 0) is 38.8 Å². The number of carbonyl (C=O) groups is 1. The van der Waals surface area contributed by atoms with E-state index in [2.05, 4.69) is 20.6 Å². The van der Waals surface area contributed by atoms with Crippen LogP contribution in [0.1, 0.15) is 32.9 Å². The Balaban J connectivity index is 2.39. The first kappa shape index (κ1) is 19.3. The highest BCUT2D eigenvalue weighted by Crippen LogP contribution is 2.29. The molecule has 0 bridgehead atoms. The molecular formula is C13H18ClF3N4O2. The molecular weight excluding hydrogens is 337 g/mol. The summed E-state index contributed by atoms with van der Waals surface area (Å²) in [6, 6.07) is 0.771. The molecule has 130 valence electrons. The Bertz CT molecular complexity index is 547. The smallest absolute Gasteiger partial charge is 0.433 e. The molecule has 0 aromatic carbocycles. The van der Waals surface area contributed by atoms with Gasteiger partial charge in [0.2, 0.25) is 5.28 Å². The molecule has 10 heteroatoms. The summed E-state index contributed by atoms with van der Waals surface area (Å²) in [5.74, 6) is -0.0328. The topological polar surface area (TPSA) is 76.1 Å². The minimum absolute atomic E-state index is 0.0328. The molecule has 1 heterocycles. The van der Waals surface area contributed by atoms with E-state index < -0.39 is 28.8 Å². The van der Waals surface area contributed by atoms with Gasteiger partial charge in [-0.1, -0.05) is 0 Å². The zero-order chi connectivity index (χ0) is 17.7. The van der Waals surface area contributed by atoms with E-state index in [1.807, 2.05) is 0 Å². The molecule has 0 saturated heterocycles. The number of halogens is 4. The number of anilines is 1. The van der Waals surface area contributed by atoms with Crippen molar-refractivity contribution in [2.24, 2.45) is 0 Å². The lowest BCUT2D eigenvalue weighted by atomic mass is 10.2. The molecule has 1 aromatic heterocycles. The molecule has 0 aliphatic heterocycles. The van der Waals surface area contributed by atoms with Crippen molar-refractivity contribution in [2.45, 2.75) is 39.0 Å². The molecule has 1 amide bonds. The number of hydrogen-bond acceptors (Lipinski definition) is 5. The van der Waals surface area contributed by atoms with Crippen LogP contribution in [0.3, 0.4) is 0 Å². The van der Waals surface area contributed by atoms with Gasteiger partial charge < -0.3 is 15.4 Å². The molecule has 0 saturated carbocycles. The van der Waals surface area contributed by atoms with Crippen LogP contribution in [0.5, 0.6) is 0 Å². The number of ether oxygens (including phenoxy) is 1. The van der Waals surface area contributed by atoms with Crippen LogP contribution in [0.4, 0.5) is 23.8 Å². The first-order valence-electron chi connectivity index (χ1n) is 6.80. The summed E-state index contributed by atoms with van der Waals surface area (Å²) < 4.78 is 42.8. The summed E-state index contributed by atoms with van der Waals surface area (Å²) in [5, 5.41) is 4.73. The third-order valence-electron chi connectivity index (χ3n) is 2.32. The Morgan fingerprint density at radius 3 is 2.48 bits per heavy atom. The van der Waals surface area contributed by atoms with Gasteiger partial charge in [0, 0.05) is 19.2 Å². The molecule has 0 radical (unpaired) electrons. The predicted octanol–water partition coefficient (Wildman–Crippen LogP) is 3.48. The predicted molar refractivity (Wildman–Crippen MR) is 79.4 cm³/mol. The maximum Gasteiger partial charge on any atom is 0.433 e. The summed E-state index contributed by atoms with van der Waals surface area (Å²) in [4.78, 5) is 18.2. The lowest BCUT2D eigenvalue weighted by Crippen LogP contribution is -2.33. The normalized spacial score (nSPS) is 12.0. The third-order valence-corrected chi connectivity index (χ3v) is 2.49. The second kappa shape index (κ2) is 7.67. The maximum absolute atomic E-state index is 12.6. The van der Waals surface area contributed by atoms with Crippen molar-refractivity contribution in [1.29, 1.82) is 0 Å². The minimum Gasteiger partial charge on any atom is -0.444 e. The quantitative estimate of drug-likeness (QED) is 0.625. The number of alkyl carbamates (subject to hydrolysis) is 1. The lowest BCUT2D eigenvalue weighted by molar-refractivity contribution is -0.141. The first-order valence-corrected chi connectivity index (χ1v) is 7.18. The second-order valence-corrected chi connectivity index (χ2v) is 5.95. The van der Waals surface area contributed by atoms with Crippen LogP contribution < -0.4 is 10.6 Å². The molecule has 0 spiro atoms. The summed E-state index contributed by atoms with van der Waals surface area (Å²) in [7, 11) is 0. The molecule has 0 fully saturated rings. The van der Waals surface area contributed by atoms with Crippen LogP contribution in [0.15, 0.2) is 6.07 Å². The molecule has 6 nitrogen and oxygen atoms in total. The number of rotatable bonds is 5. The van der Waals surface area contributed by atoms with Crippen molar-refractivity contribution in [1.82, 2.24) is 15.3 Å². The van der Waals surface area contributed by atoms with Gasteiger partial charge >= 0.3 is 12.3 Å². The maximum atomic E-state index is 12.6. The summed E-state index contributed by atoms with van der Waals surface area (Å²) in [6.07, 6.45) is -4.69. The molecule has 0 aliphatic rings. The summed E-state index contributed by atoms with van der Waals surface area (Å²) >= 11 is 5.46. The molecule has 0 aliphatic carbocycles. The highest BCUT2D eigenvalue weighted by atomic mass is 35.5. The summed E-state index contributed by atoms with van der Waals surface area (Å²) in [5.41, 5.74) is -1.71. The Labute approximate surface area is 136 Å². The zero-order valence-electron chi connectivity index (χ0n) is 12.9. The summed E-state index contributed by atoms with van der Waals surface area (Å²) in [6.45, 7) is 5.81. The highest BCUT2D eigenvalue weighted by molar-refractivity contribution is 6.28. The Morgan fingerprint density at radius 2 is 1.91 bits per heavy atom. The van der Waals surface area contributed by atoms with Crippen LogP contribution in [0, 0.1) is 0 Å². The van der Waals surface area contributed by atoms with Crippen molar-refractivity contribution < 1.29 is 22.7 Å². The van der Waals surface area contributed by atoms with Crippen LogP contribution in [0.2, 0.25) is 5.28 Å². The third kappa shape index (κ3) is 7.87. The standard InChI is InChI=1S/C13H18ClF3N4O2/c1-12(2,3)23-11(22)19-6-4-5-18-9-7-8(13(15,16)17)20-10(14)21-9/h7H,4-6H2,1-3H3,(H,19,22)(H,18,20,21). The van der Waals surface area contributed by atoms with Gasteiger partial charge in [0.1, 0.15) is 11.4 Å². The Morgan fingerprint density at radius 1 is 1.26 bits per heavy atom. The van der Waals surface area contributed by atoms with Crippen molar-refractivity contribution in [2.75, 3.05) is 18.4 Å². The van der Waals surface area contributed by atoms with Crippen LogP contribution in [0.25, 0.3) is 0 Å². The van der Waals surface area contributed by atoms with Gasteiger partial charge in [0.05, 0.1) is 0 Å². The number of hydrogen-bond donors (Lipinski definition) is 2. The van der Waals surface area contributed by atoms with E-state index in [0.29, 0.717) is 19.5 Å². The molecule has 0 unspecified atom stereocenters. The van der Waals surface area contributed by atoms with Crippen LogP contribution in [-0.4, -0.2) is 34.8 Å². The van der Waals surface area contributed by atoms with E-state index in [1.165, 1.54) is 0 Å². The van der Waals surface area contributed by atoms with Gasteiger partial charge in [0.25, 0.3) is 0 Å².